The molecule has 0 N–H and O–H groups in total. The maximum Gasteiger partial charge on any atom is 0.206 e. The Morgan fingerprint density at radius 3 is 1.50 bits per heavy atom. The van der Waals surface area contributed by atoms with E-state index in [2.05, 4.69) is 126 Å². The van der Waals surface area contributed by atoms with Crippen molar-refractivity contribution in [2.45, 2.75) is 12.0 Å². The molecule has 0 atom stereocenters. The third-order valence-electron chi connectivity index (χ3n) is 7.42. The van der Waals surface area contributed by atoms with E-state index in [9.17, 15) is 4.39 Å². The van der Waals surface area contributed by atoms with Crippen LogP contribution in [0.3, 0.4) is 0 Å². The van der Waals surface area contributed by atoms with Gasteiger partial charge in [0.05, 0.1) is 21.0 Å². The molecular weight excluding hydrogens is 506 g/mol. The molecule has 6 rings (SSSR count). The van der Waals surface area contributed by atoms with Crippen LogP contribution in [0.25, 0.3) is 0 Å². The van der Waals surface area contributed by atoms with Gasteiger partial charge in [0, 0.05) is 12.4 Å². The number of aromatic nitrogens is 2. The normalized spacial score (nSPS) is 11.2. The summed E-state index contributed by atoms with van der Waals surface area (Å²) in [6.45, 7) is 2.72. The lowest BCUT2D eigenvalue weighted by Crippen LogP contribution is -2.46. The van der Waals surface area contributed by atoms with E-state index in [1.165, 1.54) is 27.2 Å². The number of rotatable bonds is 7. The number of hydrogen-bond acceptors (Lipinski definition) is 1. The Hall–Kier alpha value is -4.48. The van der Waals surface area contributed by atoms with E-state index >= 15 is 0 Å². The van der Waals surface area contributed by atoms with E-state index in [0.29, 0.717) is 6.71 Å². The molecule has 0 radical (unpaired) electrons. The number of benzene rings is 5. The number of hydrogen-bond donors (Lipinski definition) is 0. The van der Waals surface area contributed by atoms with Gasteiger partial charge in [-0.2, -0.15) is 0 Å². The topological polar surface area (TPSA) is 17.8 Å². The Balaban J connectivity index is 0.000000194. The quantitative estimate of drug-likeness (QED) is 0.256. The van der Waals surface area contributed by atoms with E-state index < -0.39 is 9.52 Å². The van der Waals surface area contributed by atoms with Gasteiger partial charge in [0.15, 0.2) is 0 Å². The lowest BCUT2D eigenvalue weighted by atomic mass is 9.43. The van der Waals surface area contributed by atoms with Crippen molar-refractivity contribution in [3.8, 4) is 0 Å². The van der Waals surface area contributed by atoms with Crippen molar-refractivity contribution in [1.82, 2.24) is 9.55 Å². The highest BCUT2D eigenvalue weighted by Crippen LogP contribution is 2.33. The van der Waals surface area contributed by atoms with Crippen molar-refractivity contribution < 1.29 is 4.39 Å². The zero-order valence-electron chi connectivity index (χ0n) is 22.6. The predicted molar refractivity (Wildman–Crippen MR) is 170 cm³/mol. The molecule has 0 aliphatic heterocycles. The molecule has 2 nitrogen and oxygen atoms in total. The zero-order chi connectivity index (χ0) is 27.6. The fraction of sp³-hybridized carbons (Fsp3) is 0.0571. The molecule has 0 saturated carbocycles. The molecule has 0 aliphatic rings. The van der Waals surface area contributed by atoms with Gasteiger partial charge in [-0.25, -0.2) is 9.37 Å². The Labute approximate surface area is 239 Å². The van der Waals surface area contributed by atoms with Crippen molar-refractivity contribution in [2.75, 3.05) is 0 Å². The molecule has 0 aliphatic carbocycles. The second kappa shape index (κ2) is 13.0. The van der Waals surface area contributed by atoms with Crippen LogP contribution in [0.5, 0.6) is 0 Å². The van der Waals surface area contributed by atoms with Crippen LogP contribution in [-0.4, -0.2) is 25.8 Å². The molecule has 0 spiro atoms. The van der Waals surface area contributed by atoms with Crippen molar-refractivity contribution in [2.24, 2.45) is 0 Å². The molecule has 5 aromatic carbocycles. The van der Waals surface area contributed by atoms with Crippen LogP contribution in [0, 0.1) is 5.82 Å². The zero-order valence-corrected chi connectivity index (χ0v) is 24.1. The highest BCUT2D eigenvalue weighted by atomic mass is 28.2. The van der Waals surface area contributed by atoms with Crippen LogP contribution < -0.4 is 16.1 Å². The number of imidazole rings is 1. The lowest BCUT2D eigenvalue weighted by molar-refractivity contribution is 0.596. The molecule has 1 heterocycles. The summed E-state index contributed by atoms with van der Waals surface area (Å²) in [7, 11) is -0.929. The van der Waals surface area contributed by atoms with Gasteiger partial charge < -0.3 is 4.57 Å². The van der Waals surface area contributed by atoms with Gasteiger partial charge in [-0.05, 0) is 23.3 Å². The third-order valence-corrected chi connectivity index (χ3v) is 9.99. The van der Waals surface area contributed by atoms with Crippen molar-refractivity contribution in [3.05, 3.63) is 181 Å². The van der Waals surface area contributed by atoms with Crippen molar-refractivity contribution in [1.29, 1.82) is 0 Å². The predicted octanol–water partition coefficient (Wildman–Crippen LogP) is 5.19. The molecule has 0 bridgehead atoms. The molecule has 0 unspecified atom stereocenters. The van der Waals surface area contributed by atoms with E-state index in [4.69, 9.17) is 0 Å². The smallest absolute Gasteiger partial charge is 0.206 e. The summed E-state index contributed by atoms with van der Waals surface area (Å²) in [4.78, 5) is 4.32. The molecule has 5 heteroatoms. The molecule has 0 saturated heterocycles. The van der Waals surface area contributed by atoms with Crippen LogP contribution >= 0.6 is 0 Å². The highest BCUT2D eigenvalue weighted by molar-refractivity contribution is 6.84. The van der Waals surface area contributed by atoms with Crippen molar-refractivity contribution in [3.63, 3.8) is 0 Å². The first kappa shape index (κ1) is 27.1. The SMILES string of the molecule is CB(c1ccccc1)c1ccccc1.Fc1ccc([SiH2]C(c2ccccc2)(c2ccccc2)n2ccnc2)cc1. The van der Waals surface area contributed by atoms with Crippen LogP contribution in [0.1, 0.15) is 11.1 Å². The first-order valence-corrected chi connectivity index (χ1v) is 15.0. The average Bonchev–Trinajstić information content (AvgIpc) is 3.58. The lowest BCUT2D eigenvalue weighted by Gasteiger charge is -2.37. The number of nitrogens with zero attached hydrogens (tertiary/aromatic N) is 2. The fourth-order valence-corrected chi connectivity index (χ4v) is 7.56. The first-order chi connectivity index (χ1) is 19.7. The fourth-order valence-electron chi connectivity index (χ4n) is 5.25. The van der Waals surface area contributed by atoms with Gasteiger partial charge in [0.25, 0.3) is 0 Å². The third kappa shape index (κ3) is 6.22. The minimum atomic E-state index is -0.929. The van der Waals surface area contributed by atoms with Gasteiger partial charge in [-0.15, -0.1) is 0 Å². The maximum atomic E-state index is 13.4. The first-order valence-electron chi connectivity index (χ1n) is 13.6. The molecular formula is C35H32BFN2Si. The summed E-state index contributed by atoms with van der Waals surface area (Å²) < 4.78 is 15.6. The standard InChI is InChI=1S/C22H19FN2Si.C13H13B/c23-20-11-13-21(14-12-20)26-22(25-16-15-24-17-25,18-7-3-1-4-8-18)19-9-5-2-6-10-19;1-14(12-8-4-2-5-9-12)13-10-6-3-7-11-13/h1-17H,26H2;2-11H,1H3. The summed E-state index contributed by atoms with van der Waals surface area (Å²) >= 11 is 0. The largest absolute Gasteiger partial charge is 0.326 e. The molecule has 0 amide bonds. The van der Waals surface area contributed by atoms with Crippen molar-refractivity contribution >= 4 is 32.3 Å². The van der Waals surface area contributed by atoms with Crippen LogP contribution in [0.2, 0.25) is 6.82 Å². The second-order valence-electron chi connectivity index (χ2n) is 9.91. The summed E-state index contributed by atoms with van der Waals surface area (Å²) in [5.41, 5.74) is 5.19. The summed E-state index contributed by atoms with van der Waals surface area (Å²) in [6, 6.07) is 49.2. The van der Waals surface area contributed by atoms with Gasteiger partial charge in [-0.1, -0.05) is 156 Å². The highest BCUT2D eigenvalue weighted by Gasteiger charge is 2.36. The van der Waals surface area contributed by atoms with E-state index in [1.807, 2.05) is 43.0 Å². The van der Waals surface area contributed by atoms with Gasteiger partial charge in [-0.3, -0.25) is 0 Å². The average molecular weight is 539 g/mol. The van der Waals surface area contributed by atoms with Gasteiger partial charge in [0.2, 0.25) is 6.71 Å². The molecule has 40 heavy (non-hydrogen) atoms. The van der Waals surface area contributed by atoms with Crippen LogP contribution in [0.15, 0.2) is 164 Å². The summed E-state index contributed by atoms with van der Waals surface area (Å²) in [6.07, 6.45) is 5.73. The Morgan fingerprint density at radius 1 is 0.625 bits per heavy atom. The van der Waals surface area contributed by atoms with Crippen LogP contribution in [0.4, 0.5) is 4.39 Å². The minimum Gasteiger partial charge on any atom is -0.326 e. The second-order valence-corrected chi connectivity index (χ2v) is 12.1. The molecule has 0 fully saturated rings. The maximum absolute atomic E-state index is 13.4. The molecule has 196 valence electrons. The van der Waals surface area contributed by atoms with Gasteiger partial charge in [0.1, 0.15) is 5.82 Å². The number of halogens is 1. The van der Waals surface area contributed by atoms with E-state index in [-0.39, 0.29) is 11.0 Å². The summed E-state index contributed by atoms with van der Waals surface area (Å²) in [5.74, 6) is -0.199. The Morgan fingerprint density at radius 2 is 1.07 bits per heavy atom. The van der Waals surface area contributed by atoms with E-state index in [1.54, 1.807) is 12.1 Å². The Kier molecular flexibility index (Phi) is 8.84. The van der Waals surface area contributed by atoms with E-state index in [0.717, 1.165) is 0 Å². The molecule has 6 aromatic rings. The monoisotopic (exact) mass is 538 g/mol. The molecule has 1 aromatic heterocycles. The van der Waals surface area contributed by atoms with Crippen LogP contribution in [-0.2, 0) is 5.16 Å². The minimum absolute atomic E-state index is 0.199. The summed E-state index contributed by atoms with van der Waals surface area (Å²) in [5, 5.41) is 0.879. The Bertz CT molecular complexity index is 1480. The van der Waals surface area contributed by atoms with Gasteiger partial charge >= 0.3 is 0 Å².